The van der Waals surface area contributed by atoms with Gasteiger partial charge in [0.25, 0.3) is 0 Å². The molecule has 2 aromatic heterocycles. The third-order valence-corrected chi connectivity index (χ3v) is 4.29. The van der Waals surface area contributed by atoms with Gasteiger partial charge in [-0.2, -0.15) is 0 Å². The van der Waals surface area contributed by atoms with Crippen LogP contribution in [0.2, 0.25) is 5.02 Å². The van der Waals surface area contributed by atoms with Crippen molar-refractivity contribution in [3.05, 3.63) is 52.7 Å². The molecule has 0 aliphatic carbocycles. The number of amidine groups is 1. The lowest BCUT2D eigenvalue weighted by Crippen LogP contribution is -2.22. The molecule has 10 heteroatoms. The topological polar surface area (TPSA) is 107 Å². The highest BCUT2D eigenvalue weighted by Crippen LogP contribution is 2.21. The largest absolute Gasteiger partial charge is 0.409 e. The lowest BCUT2D eigenvalue weighted by molar-refractivity contribution is 0.199. The minimum absolute atomic E-state index is 0.0352. The number of H-pyrrole nitrogens is 1. The molecule has 0 bridgehead atoms. The summed E-state index contributed by atoms with van der Waals surface area (Å²) in [5.74, 6) is 0.379. The lowest BCUT2D eigenvalue weighted by atomic mass is 10.2. The Labute approximate surface area is 165 Å². The number of imidazole rings is 1. The zero-order valence-corrected chi connectivity index (χ0v) is 15.9. The van der Waals surface area contributed by atoms with Crippen LogP contribution in [0.4, 0.5) is 10.1 Å². The number of anilines is 1. The summed E-state index contributed by atoms with van der Waals surface area (Å²) in [6.45, 7) is 2.12. The van der Waals surface area contributed by atoms with Crippen molar-refractivity contribution < 1.29 is 14.3 Å². The van der Waals surface area contributed by atoms with Gasteiger partial charge in [-0.25, -0.2) is 14.4 Å². The molecule has 0 radical (unpaired) electrons. The Morgan fingerprint density at radius 3 is 2.96 bits per heavy atom. The number of fused-ring (bicyclic) bond motifs is 1. The SMILES string of the molecule is COCCNCCc1nc2nccc(/C(=N/O)Nc3ccc(F)c(Cl)c3)c2[nH]1. The average Bonchev–Trinajstić information content (AvgIpc) is 3.12. The summed E-state index contributed by atoms with van der Waals surface area (Å²) >= 11 is 5.81. The summed E-state index contributed by atoms with van der Waals surface area (Å²) < 4.78 is 18.3. The van der Waals surface area contributed by atoms with E-state index in [9.17, 15) is 9.60 Å². The molecule has 4 N–H and O–H groups in total. The second-order valence-corrected chi connectivity index (χ2v) is 6.34. The highest BCUT2D eigenvalue weighted by molar-refractivity contribution is 6.31. The van der Waals surface area contributed by atoms with Gasteiger partial charge in [0.15, 0.2) is 11.5 Å². The first-order valence-corrected chi connectivity index (χ1v) is 8.98. The monoisotopic (exact) mass is 406 g/mol. The van der Waals surface area contributed by atoms with Crippen LogP contribution in [0, 0.1) is 5.82 Å². The molecule has 0 saturated heterocycles. The fourth-order valence-corrected chi connectivity index (χ4v) is 2.82. The number of hydrogen-bond donors (Lipinski definition) is 4. The zero-order valence-electron chi connectivity index (χ0n) is 15.2. The van der Waals surface area contributed by atoms with E-state index in [1.165, 1.54) is 18.2 Å². The first-order chi connectivity index (χ1) is 13.6. The van der Waals surface area contributed by atoms with Gasteiger partial charge in [0.1, 0.15) is 11.6 Å². The number of oxime groups is 1. The van der Waals surface area contributed by atoms with Crippen LogP contribution >= 0.6 is 11.6 Å². The van der Waals surface area contributed by atoms with Gasteiger partial charge in [-0.05, 0) is 24.3 Å². The summed E-state index contributed by atoms with van der Waals surface area (Å²) in [4.78, 5) is 11.9. The van der Waals surface area contributed by atoms with Crippen LogP contribution in [0.3, 0.4) is 0 Å². The minimum atomic E-state index is -0.529. The summed E-state index contributed by atoms with van der Waals surface area (Å²) in [7, 11) is 1.66. The lowest BCUT2D eigenvalue weighted by Gasteiger charge is -2.09. The van der Waals surface area contributed by atoms with E-state index in [4.69, 9.17) is 16.3 Å². The molecule has 28 heavy (non-hydrogen) atoms. The molecule has 0 spiro atoms. The van der Waals surface area contributed by atoms with Crippen molar-refractivity contribution in [2.75, 3.05) is 32.1 Å². The van der Waals surface area contributed by atoms with Crippen molar-refractivity contribution in [1.29, 1.82) is 0 Å². The molecule has 8 nitrogen and oxygen atoms in total. The number of nitrogens with one attached hydrogen (secondary N) is 3. The predicted octanol–water partition coefficient (Wildman–Crippen LogP) is 2.78. The van der Waals surface area contributed by atoms with Crippen LogP contribution in [0.25, 0.3) is 11.2 Å². The van der Waals surface area contributed by atoms with E-state index in [1.807, 2.05) is 0 Å². The van der Waals surface area contributed by atoms with E-state index in [-0.39, 0.29) is 10.9 Å². The minimum Gasteiger partial charge on any atom is -0.409 e. The molecule has 3 aromatic rings. The number of hydrogen-bond acceptors (Lipinski definition) is 6. The molecule has 0 fully saturated rings. The van der Waals surface area contributed by atoms with Gasteiger partial charge in [-0.1, -0.05) is 16.8 Å². The number of ether oxygens (including phenoxy) is 1. The number of pyridine rings is 1. The van der Waals surface area contributed by atoms with E-state index < -0.39 is 5.82 Å². The Balaban J connectivity index is 1.79. The third-order valence-electron chi connectivity index (χ3n) is 4.00. The average molecular weight is 407 g/mol. The van der Waals surface area contributed by atoms with Crippen molar-refractivity contribution in [3.63, 3.8) is 0 Å². The van der Waals surface area contributed by atoms with Gasteiger partial charge in [-0.3, -0.25) is 0 Å². The van der Waals surface area contributed by atoms with Crippen LogP contribution in [0.1, 0.15) is 11.4 Å². The normalized spacial score (nSPS) is 11.9. The molecule has 0 atom stereocenters. The molecular weight excluding hydrogens is 387 g/mol. The predicted molar refractivity (Wildman–Crippen MR) is 106 cm³/mol. The maximum atomic E-state index is 13.3. The van der Waals surface area contributed by atoms with Crippen LogP contribution in [-0.2, 0) is 11.2 Å². The second-order valence-electron chi connectivity index (χ2n) is 5.94. The standard InChI is InChI=1S/C18H20ClFN6O2/c1-28-9-8-21-6-5-15-24-16-12(4-7-22-18(16)25-15)17(26-27)23-11-2-3-14(20)13(19)10-11/h2-4,7,10,21,27H,5-6,8-9H2,1H3,(H,23,26)(H,22,24,25). The molecule has 0 saturated carbocycles. The van der Waals surface area contributed by atoms with Crippen LogP contribution in [0.15, 0.2) is 35.6 Å². The first kappa shape index (κ1) is 20.0. The van der Waals surface area contributed by atoms with Crippen LogP contribution < -0.4 is 10.6 Å². The summed E-state index contributed by atoms with van der Waals surface area (Å²) in [5, 5.41) is 19.0. The maximum Gasteiger partial charge on any atom is 0.179 e. The van der Waals surface area contributed by atoms with E-state index in [1.54, 1.807) is 19.4 Å². The molecular formula is C18H20ClFN6O2. The number of rotatable bonds is 8. The molecule has 148 valence electrons. The molecule has 2 heterocycles. The van der Waals surface area contributed by atoms with E-state index >= 15 is 0 Å². The van der Waals surface area contributed by atoms with Crippen molar-refractivity contribution in [2.24, 2.45) is 5.16 Å². The number of methoxy groups -OCH3 is 1. The van der Waals surface area contributed by atoms with Gasteiger partial charge in [0, 0.05) is 44.1 Å². The van der Waals surface area contributed by atoms with Gasteiger partial charge >= 0.3 is 0 Å². The van der Waals surface area contributed by atoms with Crippen molar-refractivity contribution in [3.8, 4) is 0 Å². The Hall–Kier alpha value is -2.75. The summed E-state index contributed by atoms with van der Waals surface area (Å²) in [6, 6.07) is 5.82. The zero-order chi connectivity index (χ0) is 19.9. The maximum absolute atomic E-state index is 13.3. The Kier molecular flexibility index (Phi) is 6.75. The highest BCUT2D eigenvalue weighted by atomic mass is 35.5. The van der Waals surface area contributed by atoms with Crippen LogP contribution in [0.5, 0.6) is 0 Å². The molecule has 0 unspecified atom stereocenters. The van der Waals surface area contributed by atoms with E-state index in [0.717, 1.165) is 18.9 Å². The summed E-state index contributed by atoms with van der Waals surface area (Å²) in [6.07, 6.45) is 2.25. The van der Waals surface area contributed by atoms with E-state index in [2.05, 4.69) is 30.7 Å². The number of halogens is 2. The number of aromatic nitrogens is 3. The fraction of sp³-hybridized carbons (Fsp3) is 0.278. The second kappa shape index (κ2) is 9.45. The first-order valence-electron chi connectivity index (χ1n) is 8.60. The summed E-state index contributed by atoms with van der Waals surface area (Å²) in [5.41, 5.74) is 2.18. The fourth-order valence-electron chi connectivity index (χ4n) is 2.64. The van der Waals surface area contributed by atoms with Gasteiger partial charge in [0.2, 0.25) is 0 Å². The number of aromatic amines is 1. The molecule has 1 aromatic carbocycles. The van der Waals surface area contributed by atoms with Gasteiger partial charge < -0.3 is 25.6 Å². The van der Waals surface area contributed by atoms with Gasteiger partial charge in [0.05, 0.1) is 17.1 Å². The number of nitrogens with zero attached hydrogens (tertiary/aromatic N) is 3. The third kappa shape index (κ3) is 4.75. The molecule has 0 amide bonds. The Morgan fingerprint density at radius 1 is 1.36 bits per heavy atom. The smallest absolute Gasteiger partial charge is 0.179 e. The van der Waals surface area contributed by atoms with Crippen molar-refractivity contribution in [2.45, 2.75) is 6.42 Å². The van der Waals surface area contributed by atoms with E-state index in [0.29, 0.717) is 35.4 Å². The Morgan fingerprint density at radius 2 is 2.21 bits per heavy atom. The molecule has 3 rings (SSSR count). The van der Waals surface area contributed by atoms with Crippen molar-refractivity contribution >= 4 is 34.3 Å². The highest BCUT2D eigenvalue weighted by Gasteiger charge is 2.14. The molecule has 0 aliphatic rings. The van der Waals surface area contributed by atoms with Crippen molar-refractivity contribution in [1.82, 2.24) is 20.3 Å². The number of benzene rings is 1. The quantitative estimate of drug-likeness (QED) is 0.151. The Bertz CT molecular complexity index is 978. The van der Waals surface area contributed by atoms with Crippen LogP contribution in [-0.4, -0.2) is 52.8 Å². The van der Waals surface area contributed by atoms with Gasteiger partial charge in [-0.15, -0.1) is 0 Å². The molecule has 0 aliphatic heterocycles.